The Bertz CT molecular complexity index is 1050. The van der Waals surface area contributed by atoms with Crippen molar-refractivity contribution in [2.45, 2.75) is 44.2 Å². The number of nitrogens with one attached hydrogen (secondary N) is 1. The quantitative estimate of drug-likeness (QED) is 0.456. The van der Waals surface area contributed by atoms with Crippen molar-refractivity contribution in [3.8, 4) is 0 Å². The van der Waals surface area contributed by atoms with Gasteiger partial charge in [0.05, 0.1) is 30.1 Å². The Morgan fingerprint density at radius 1 is 1.21 bits per heavy atom. The van der Waals surface area contributed by atoms with Gasteiger partial charge in [-0.1, -0.05) is 32.9 Å². The van der Waals surface area contributed by atoms with E-state index in [2.05, 4.69) is 4.72 Å². The van der Waals surface area contributed by atoms with Crippen molar-refractivity contribution in [2.75, 3.05) is 32.8 Å². The van der Waals surface area contributed by atoms with Crippen molar-refractivity contribution < 1.29 is 32.8 Å². The number of hydrogen-bond acceptors (Lipinski definition) is 7. The molecule has 2 N–H and O–H groups in total. The van der Waals surface area contributed by atoms with Crippen LogP contribution in [0.2, 0.25) is 0 Å². The third kappa shape index (κ3) is 5.47. The van der Waals surface area contributed by atoms with Gasteiger partial charge in [0, 0.05) is 31.7 Å². The number of morpholine rings is 1. The standard InChI is InChI=1S/C21H30N4O8S/c1-21(2,3)18-15(19(26)23-8-10-33-11-9-23)12-14(13-24(18)20(27)28)22-34(31,32)17-7-5-4-6-16(17)25(29)30/h4-7,14-15,18,22H,8-13H2,1-3H3,(H,27,28)/t14-,15+,18?/m0/s1. The van der Waals surface area contributed by atoms with Crippen LogP contribution in [0.5, 0.6) is 0 Å². The van der Waals surface area contributed by atoms with Gasteiger partial charge in [-0.2, -0.15) is 0 Å². The fourth-order valence-corrected chi connectivity index (χ4v) is 6.22. The number of carboxylic acid groups (broad SMARTS) is 1. The molecular formula is C21H30N4O8S. The number of likely N-dealkylation sites (tertiary alicyclic amines) is 1. The van der Waals surface area contributed by atoms with Gasteiger partial charge in [0.2, 0.25) is 15.9 Å². The fourth-order valence-electron chi connectivity index (χ4n) is 4.80. The van der Waals surface area contributed by atoms with E-state index in [0.29, 0.717) is 26.3 Å². The van der Waals surface area contributed by atoms with Crippen LogP contribution in [0.4, 0.5) is 10.5 Å². The average molecular weight is 499 g/mol. The first-order valence-corrected chi connectivity index (χ1v) is 12.4. The van der Waals surface area contributed by atoms with Gasteiger partial charge < -0.3 is 19.6 Å². The number of nitro benzene ring substituents is 1. The summed E-state index contributed by atoms with van der Waals surface area (Å²) in [6.07, 6.45) is -1.21. The number of sulfonamides is 1. The number of para-hydroxylation sites is 1. The van der Waals surface area contributed by atoms with Crippen LogP contribution in [0.1, 0.15) is 27.2 Å². The number of nitrogens with zero attached hydrogens (tertiary/aromatic N) is 3. The lowest BCUT2D eigenvalue weighted by atomic mass is 9.72. The highest BCUT2D eigenvalue weighted by Gasteiger charge is 2.49. The maximum atomic E-state index is 13.5. The molecule has 1 aromatic rings. The molecule has 3 atom stereocenters. The summed E-state index contributed by atoms with van der Waals surface area (Å²) in [5.74, 6) is -1.06. The molecule has 2 amide bonds. The number of ether oxygens (including phenoxy) is 1. The molecule has 0 saturated carbocycles. The van der Waals surface area contributed by atoms with Crippen molar-refractivity contribution in [1.29, 1.82) is 0 Å². The van der Waals surface area contributed by atoms with Gasteiger partial charge >= 0.3 is 6.09 Å². The number of rotatable bonds is 5. The molecule has 1 aromatic carbocycles. The minimum Gasteiger partial charge on any atom is -0.465 e. The Morgan fingerprint density at radius 2 is 1.82 bits per heavy atom. The first-order chi connectivity index (χ1) is 15.8. The van der Waals surface area contributed by atoms with Crippen molar-refractivity contribution in [3.63, 3.8) is 0 Å². The van der Waals surface area contributed by atoms with E-state index >= 15 is 0 Å². The third-order valence-corrected chi connectivity index (χ3v) is 7.69. The number of carbonyl (C=O) groups is 2. The monoisotopic (exact) mass is 498 g/mol. The third-order valence-electron chi connectivity index (χ3n) is 6.12. The predicted molar refractivity (Wildman–Crippen MR) is 121 cm³/mol. The molecule has 2 heterocycles. The second kappa shape index (κ2) is 9.84. The number of hydrogen-bond donors (Lipinski definition) is 2. The molecule has 1 unspecified atom stereocenters. The summed E-state index contributed by atoms with van der Waals surface area (Å²) in [6.45, 7) is 6.80. The largest absolute Gasteiger partial charge is 0.465 e. The molecule has 0 bridgehead atoms. The van der Waals surface area contributed by atoms with E-state index in [4.69, 9.17) is 4.74 Å². The molecule has 2 saturated heterocycles. The maximum absolute atomic E-state index is 13.5. The first kappa shape index (κ1) is 25.8. The Morgan fingerprint density at radius 3 is 2.38 bits per heavy atom. The van der Waals surface area contributed by atoms with E-state index in [1.165, 1.54) is 12.1 Å². The zero-order chi connectivity index (χ0) is 25.3. The van der Waals surface area contributed by atoms with Crippen LogP contribution in [0.25, 0.3) is 0 Å². The van der Waals surface area contributed by atoms with Gasteiger partial charge in [0.15, 0.2) is 4.90 Å². The number of carbonyl (C=O) groups excluding carboxylic acids is 1. The zero-order valence-corrected chi connectivity index (χ0v) is 20.2. The van der Waals surface area contributed by atoms with Crippen LogP contribution in [0, 0.1) is 21.4 Å². The van der Waals surface area contributed by atoms with Gasteiger partial charge in [-0.3, -0.25) is 14.9 Å². The lowest BCUT2D eigenvalue weighted by Crippen LogP contribution is -2.64. The molecule has 13 heteroatoms. The van der Waals surface area contributed by atoms with Gasteiger partial charge in [-0.25, -0.2) is 17.9 Å². The molecule has 2 aliphatic rings. The van der Waals surface area contributed by atoms with Gasteiger partial charge in [0.1, 0.15) is 0 Å². The van der Waals surface area contributed by atoms with Crippen LogP contribution in [-0.2, 0) is 19.6 Å². The minimum atomic E-state index is -4.37. The summed E-state index contributed by atoms with van der Waals surface area (Å²) >= 11 is 0. The normalized spacial score (nSPS) is 24.0. The van der Waals surface area contributed by atoms with E-state index < -0.39 is 55.0 Å². The highest BCUT2D eigenvalue weighted by molar-refractivity contribution is 7.89. The van der Waals surface area contributed by atoms with E-state index in [0.717, 1.165) is 17.0 Å². The van der Waals surface area contributed by atoms with Crippen molar-refractivity contribution in [2.24, 2.45) is 11.3 Å². The molecule has 3 rings (SSSR count). The number of amides is 2. The van der Waals surface area contributed by atoms with Gasteiger partial charge in [0.25, 0.3) is 5.69 Å². The molecule has 0 aliphatic carbocycles. The second-order valence-corrected chi connectivity index (χ2v) is 11.3. The first-order valence-electron chi connectivity index (χ1n) is 10.9. The summed E-state index contributed by atoms with van der Waals surface area (Å²) in [4.78, 5) is 38.4. The molecule has 0 radical (unpaired) electrons. The summed E-state index contributed by atoms with van der Waals surface area (Å²) < 4.78 is 33.9. The molecule has 0 aromatic heterocycles. The molecule has 2 fully saturated rings. The van der Waals surface area contributed by atoms with E-state index in [1.54, 1.807) is 4.90 Å². The molecule has 188 valence electrons. The van der Waals surface area contributed by atoms with E-state index in [1.807, 2.05) is 20.8 Å². The summed E-state index contributed by atoms with van der Waals surface area (Å²) in [5.41, 5.74) is -1.19. The number of benzene rings is 1. The maximum Gasteiger partial charge on any atom is 0.407 e. The fraction of sp³-hybridized carbons (Fsp3) is 0.619. The SMILES string of the molecule is CC(C)(C)C1[C@H](C(=O)N2CCOCC2)C[C@H](NS(=O)(=O)c2ccccc2[N+](=O)[O-])CN1C(=O)O. The minimum absolute atomic E-state index is 0.0573. The van der Waals surface area contributed by atoms with E-state index in [-0.39, 0.29) is 18.9 Å². The van der Waals surface area contributed by atoms with Crippen molar-refractivity contribution >= 4 is 27.7 Å². The van der Waals surface area contributed by atoms with E-state index in [9.17, 15) is 33.2 Å². The molecule has 34 heavy (non-hydrogen) atoms. The van der Waals surface area contributed by atoms with Crippen LogP contribution in [0.3, 0.4) is 0 Å². The summed E-state index contributed by atoms with van der Waals surface area (Å²) in [7, 11) is -4.37. The van der Waals surface area contributed by atoms with Crippen LogP contribution >= 0.6 is 0 Å². The Labute approximate surface area is 198 Å². The summed E-state index contributed by atoms with van der Waals surface area (Å²) in [5, 5.41) is 21.3. The predicted octanol–water partition coefficient (Wildman–Crippen LogP) is 1.52. The van der Waals surface area contributed by atoms with Gasteiger partial charge in [-0.15, -0.1) is 0 Å². The molecular weight excluding hydrogens is 468 g/mol. The topological polar surface area (TPSA) is 159 Å². The number of nitro groups is 1. The number of piperidine rings is 1. The van der Waals surface area contributed by atoms with Crippen molar-refractivity contribution in [3.05, 3.63) is 34.4 Å². The molecule has 2 aliphatic heterocycles. The lowest BCUT2D eigenvalue weighted by Gasteiger charge is -2.49. The zero-order valence-electron chi connectivity index (χ0n) is 19.3. The Hall–Kier alpha value is -2.77. The van der Waals surface area contributed by atoms with Crippen molar-refractivity contribution in [1.82, 2.24) is 14.5 Å². The van der Waals surface area contributed by atoms with Gasteiger partial charge in [-0.05, 0) is 17.9 Å². The Balaban J connectivity index is 1.96. The average Bonchev–Trinajstić information content (AvgIpc) is 2.77. The molecule has 12 nitrogen and oxygen atoms in total. The Kier molecular flexibility index (Phi) is 7.48. The molecule has 0 spiro atoms. The lowest BCUT2D eigenvalue weighted by molar-refractivity contribution is -0.387. The van der Waals surface area contributed by atoms with Crippen LogP contribution in [0.15, 0.2) is 29.2 Å². The van der Waals surface area contributed by atoms with Crippen LogP contribution < -0.4 is 4.72 Å². The highest BCUT2D eigenvalue weighted by atomic mass is 32.2. The smallest absolute Gasteiger partial charge is 0.407 e. The summed E-state index contributed by atoms with van der Waals surface area (Å²) in [6, 6.07) is 3.29. The second-order valence-electron chi connectivity index (χ2n) is 9.57. The van der Waals surface area contributed by atoms with Crippen LogP contribution in [-0.4, -0.2) is 85.2 Å². The highest BCUT2D eigenvalue weighted by Crippen LogP contribution is 2.38.